The molecule has 0 amide bonds. The highest BCUT2D eigenvalue weighted by atomic mass is 32.2. The number of hydrogen-bond donors (Lipinski definition) is 1. The van der Waals surface area contributed by atoms with E-state index in [0.29, 0.717) is 5.75 Å². The van der Waals surface area contributed by atoms with Crippen molar-refractivity contribution in [3.63, 3.8) is 0 Å². The highest BCUT2D eigenvalue weighted by molar-refractivity contribution is 7.99. The number of quaternary nitrogens is 1. The van der Waals surface area contributed by atoms with E-state index in [2.05, 4.69) is 24.3 Å². The average molecular weight is 223 g/mol. The van der Waals surface area contributed by atoms with Gasteiger partial charge >= 0.3 is 0 Å². The molecule has 15 heavy (non-hydrogen) atoms. The van der Waals surface area contributed by atoms with Crippen molar-refractivity contribution < 1.29 is 15.2 Å². The summed E-state index contributed by atoms with van der Waals surface area (Å²) in [6.07, 6.45) is 0. The van der Waals surface area contributed by atoms with Gasteiger partial charge in [-0.25, -0.2) is 0 Å². The van der Waals surface area contributed by atoms with Gasteiger partial charge in [0.05, 0.1) is 5.75 Å². The summed E-state index contributed by atoms with van der Waals surface area (Å²) >= 11 is 1.66. The molecule has 1 aromatic carbocycles. The van der Waals surface area contributed by atoms with Crippen LogP contribution in [0.4, 0.5) is 0 Å². The third-order valence-electron chi connectivity index (χ3n) is 2.57. The van der Waals surface area contributed by atoms with E-state index in [-0.39, 0.29) is 5.37 Å². The molecule has 2 atom stereocenters. The molecular weight excluding hydrogens is 210 g/mol. The lowest BCUT2D eigenvalue weighted by atomic mass is 10.1. The molecule has 1 aromatic rings. The van der Waals surface area contributed by atoms with E-state index in [9.17, 15) is 9.90 Å². The molecule has 2 rings (SSSR count). The summed E-state index contributed by atoms with van der Waals surface area (Å²) in [6.45, 7) is 2.04. The lowest BCUT2D eigenvalue weighted by Crippen LogP contribution is -2.90. The number of nitrogens with two attached hydrogens (primary N) is 1. The highest BCUT2D eigenvalue weighted by Gasteiger charge is 2.30. The monoisotopic (exact) mass is 223 g/mol. The number of carbonyl (C=O) groups is 1. The largest absolute Gasteiger partial charge is 0.544 e. The van der Waals surface area contributed by atoms with E-state index in [1.165, 1.54) is 11.1 Å². The summed E-state index contributed by atoms with van der Waals surface area (Å²) in [5, 5.41) is 12.7. The van der Waals surface area contributed by atoms with Gasteiger partial charge in [0.2, 0.25) is 0 Å². The third-order valence-corrected chi connectivity index (χ3v) is 3.91. The Labute approximate surface area is 92.9 Å². The molecule has 1 heterocycles. The lowest BCUT2D eigenvalue weighted by Gasteiger charge is -2.10. The molecule has 4 heteroatoms. The molecule has 2 N–H and O–H groups in total. The van der Waals surface area contributed by atoms with Gasteiger partial charge in [-0.05, 0) is 6.92 Å². The van der Waals surface area contributed by atoms with Gasteiger partial charge in [-0.15, -0.1) is 0 Å². The molecule has 0 saturated carbocycles. The average Bonchev–Trinajstić information content (AvgIpc) is 2.68. The SMILES string of the molecule is Cc1ccc([C@@H]2[NH2+][C@H](C(=O)[O-])CS2)cc1. The Balaban J connectivity index is 2.07. The first kappa shape index (κ1) is 10.5. The zero-order valence-electron chi connectivity index (χ0n) is 8.47. The van der Waals surface area contributed by atoms with Crippen molar-refractivity contribution in [1.29, 1.82) is 0 Å². The van der Waals surface area contributed by atoms with Gasteiger partial charge in [-0.3, -0.25) is 0 Å². The van der Waals surface area contributed by atoms with Gasteiger partial charge in [-0.1, -0.05) is 41.6 Å². The minimum Gasteiger partial charge on any atom is -0.544 e. The number of thioether (sulfide) groups is 1. The maximum absolute atomic E-state index is 10.7. The molecule has 0 unspecified atom stereocenters. The number of hydrogen-bond acceptors (Lipinski definition) is 3. The first-order valence-electron chi connectivity index (χ1n) is 4.91. The second-order valence-electron chi connectivity index (χ2n) is 3.78. The fourth-order valence-corrected chi connectivity index (χ4v) is 2.95. The van der Waals surface area contributed by atoms with Crippen molar-refractivity contribution in [2.45, 2.75) is 18.3 Å². The van der Waals surface area contributed by atoms with Gasteiger partial charge < -0.3 is 15.2 Å². The minimum atomic E-state index is -0.961. The molecule has 0 bridgehead atoms. The number of aliphatic carboxylic acids is 1. The molecule has 3 nitrogen and oxygen atoms in total. The van der Waals surface area contributed by atoms with Crippen molar-refractivity contribution in [3.8, 4) is 0 Å². The molecule has 1 saturated heterocycles. The second-order valence-corrected chi connectivity index (χ2v) is 4.96. The number of rotatable bonds is 2. The normalized spacial score (nSPS) is 25.4. The summed E-state index contributed by atoms with van der Waals surface area (Å²) < 4.78 is 0. The van der Waals surface area contributed by atoms with Gasteiger partial charge in [0, 0.05) is 5.56 Å². The Bertz CT molecular complexity index is 363. The van der Waals surface area contributed by atoms with Crippen LogP contribution in [0.15, 0.2) is 24.3 Å². The number of carboxylic acids is 1. The highest BCUT2D eigenvalue weighted by Crippen LogP contribution is 2.26. The van der Waals surface area contributed by atoms with Crippen LogP contribution in [0.2, 0.25) is 0 Å². The minimum absolute atomic E-state index is 0.202. The Kier molecular flexibility index (Phi) is 2.98. The Morgan fingerprint density at radius 3 is 2.67 bits per heavy atom. The maximum Gasteiger partial charge on any atom is 0.159 e. The first-order chi connectivity index (χ1) is 7.16. The van der Waals surface area contributed by atoms with Crippen molar-refractivity contribution >= 4 is 17.7 Å². The van der Waals surface area contributed by atoms with Crippen molar-refractivity contribution in [2.75, 3.05) is 5.75 Å². The van der Waals surface area contributed by atoms with E-state index in [1.807, 2.05) is 12.2 Å². The molecule has 1 aliphatic rings. The first-order valence-corrected chi connectivity index (χ1v) is 5.96. The van der Waals surface area contributed by atoms with Crippen LogP contribution in [0.25, 0.3) is 0 Å². The van der Waals surface area contributed by atoms with Crippen LogP contribution in [-0.4, -0.2) is 17.8 Å². The van der Waals surface area contributed by atoms with Crippen molar-refractivity contribution in [1.82, 2.24) is 0 Å². The molecule has 0 spiro atoms. The Morgan fingerprint density at radius 1 is 1.47 bits per heavy atom. The summed E-state index contributed by atoms with van der Waals surface area (Å²) in [5.41, 5.74) is 2.40. The molecular formula is C11H13NO2S. The van der Waals surface area contributed by atoms with Crippen LogP contribution < -0.4 is 10.4 Å². The quantitative estimate of drug-likeness (QED) is 0.730. The predicted molar refractivity (Wildman–Crippen MR) is 57.1 cm³/mol. The molecule has 1 fully saturated rings. The van der Waals surface area contributed by atoms with Crippen LogP contribution in [0.3, 0.4) is 0 Å². The summed E-state index contributed by atoms with van der Waals surface area (Å²) in [7, 11) is 0. The molecule has 1 aliphatic heterocycles. The number of benzene rings is 1. The van der Waals surface area contributed by atoms with Crippen LogP contribution in [0, 0.1) is 6.92 Å². The smallest absolute Gasteiger partial charge is 0.159 e. The topological polar surface area (TPSA) is 56.7 Å². The maximum atomic E-state index is 10.7. The molecule has 0 aromatic heterocycles. The van der Waals surface area contributed by atoms with Gasteiger partial charge in [-0.2, -0.15) is 0 Å². The van der Waals surface area contributed by atoms with Gasteiger partial charge in [0.1, 0.15) is 12.0 Å². The lowest BCUT2D eigenvalue weighted by molar-refractivity contribution is -0.690. The molecule has 0 radical (unpaired) electrons. The molecule has 0 aliphatic carbocycles. The number of carbonyl (C=O) groups excluding carboxylic acids is 1. The summed E-state index contributed by atoms with van der Waals surface area (Å²) in [4.78, 5) is 10.7. The zero-order chi connectivity index (χ0) is 10.8. The Hall–Kier alpha value is -1.00. The van der Waals surface area contributed by atoms with Crippen LogP contribution in [0.1, 0.15) is 16.5 Å². The summed E-state index contributed by atoms with van der Waals surface area (Å²) in [5.74, 6) is -0.335. The van der Waals surface area contributed by atoms with E-state index in [1.54, 1.807) is 11.8 Å². The van der Waals surface area contributed by atoms with E-state index >= 15 is 0 Å². The standard InChI is InChI=1S/C11H13NO2S/c1-7-2-4-8(5-3-7)10-12-9(6-15-10)11(13)14/h2-5,9-10,12H,6H2,1H3,(H,13,14)/t9-,10+/m0/s1. The number of aryl methyl sites for hydroxylation is 1. The van der Waals surface area contributed by atoms with Gasteiger partial charge in [0.25, 0.3) is 0 Å². The van der Waals surface area contributed by atoms with E-state index in [4.69, 9.17) is 0 Å². The van der Waals surface area contributed by atoms with Gasteiger partial charge in [0.15, 0.2) is 5.37 Å². The number of carboxylic acid groups (broad SMARTS) is 1. The van der Waals surface area contributed by atoms with Crippen LogP contribution in [0.5, 0.6) is 0 Å². The van der Waals surface area contributed by atoms with Crippen LogP contribution >= 0.6 is 11.8 Å². The van der Waals surface area contributed by atoms with Crippen molar-refractivity contribution in [3.05, 3.63) is 35.4 Å². The second kappa shape index (κ2) is 4.24. The zero-order valence-corrected chi connectivity index (χ0v) is 9.29. The third kappa shape index (κ3) is 2.33. The summed E-state index contributed by atoms with van der Waals surface area (Å²) in [6, 6.07) is 7.82. The fourth-order valence-electron chi connectivity index (χ4n) is 1.64. The van der Waals surface area contributed by atoms with Crippen LogP contribution in [-0.2, 0) is 4.79 Å². The fraction of sp³-hybridized carbons (Fsp3) is 0.364. The van der Waals surface area contributed by atoms with Crippen molar-refractivity contribution in [2.24, 2.45) is 0 Å². The van der Waals surface area contributed by atoms with E-state index < -0.39 is 12.0 Å². The Morgan fingerprint density at radius 2 is 2.13 bits per heavy atom. The molecule has 80 valence electrons. The predicted octanol–water partition coefficient (Wildman–Crippen LogP) is -0.578. The van der Waals surface area contributed by atoms with E-state index in [0.717, 1.165) is 0 Å².